The second-order valence-corrected chi connectivity index (χ2v) is 7.26. The first-order valence-corrected chi connectivity index (χ1v) is 9.76. The maximum atomic E-state index is 11.9. The Morgan fingerprint density at radius 2 is 2.05 bits per heavy atom. The fraction of sp³-hybridized carbons (Fsp3) is 0.588. The van der Waals surface area contributed by atoms with Crippen molar-refractivity contribution in [2.75, 3.05) is 12.3 Å². The van der Waals surface area contributed by atoms with Crippen LogP contribution in [0.2, 0.25) is 10.0 Å². The number of thioether (sulfide) groups is 1. The van der Waals surface area contributed by atoms with Gasteiger partial charge in [-0.2, -0.15) is 0 Å². The van der Waals surface area contributed by atoms with Crippen molar-refractivity contribution in [3.05, 3.63) is 33.8 Å². The Bertz CT molecular complexity index is 468. The molecule has 0 radical (unpaired) electrons. The Morgan fingerprint density at radius 3 is 2.68 bits per heavy atom. The summed E-state index contributed by atoms with van der Waals surface area (Å²) in [7, 11) is 0. The molecule has 0 heterocycles. The lowest BCUT2D eigenvalue weighted by Crippen LogP contribution is -2.30. The Labute approximate surface area is 148 Å². The van der Waals surface area contributed by atoms with Crippen LogP contribution in [0.1, 0.15) is 45.1 Å². The second-order valence-electron chi connectivity index (χ2n) is 5.46. The van der Waals surface area contributed by atoms with E-state index in [9.17, 15) is 4.79 Å². The van der Waals surface area contributed by atoms with E-state index in [4.69, 9.17) is 23.2 Å². The molecular formula is C17H25Cl2NOS. The van der Waals surface area contributed by atoms with Crippen LogP contribution in [-0.2, 0) is 10.5 Å². The van der Waals surface area contributed by atoms with Gasteiger partial charge < -0.3 is 5.32 Å². The fourth-order valence-corrected chi connectivity index (χ4v) is 3.27. The Hall–Kier alpha value is -0.380. The van der Waals surface area contributed by atoms with Crippen LogP contribution in [0.15, 0.2) is 18.2 Å². The van der Waals surface area contributed by atoms with E-state index in [-0.39, 0.29) is 5.91 Å². The third-order valence-electron chi connectivity index (χ3n) is 3.62. The zero-order valence-electron chi connectivity index (χ0n) is 13.3. The number of hydrogen-bond donors (Lipinski definition) is 1. The summed E-state index contributed by atoms with van der Waals surface area (Å²) in [4.78, 5) is 11.9. The molecule has 1 atom stereocenters. The van der Waals surface area contributed by atoms with Crippen LogP contribution in [0.4, 0.5) is 0 Å². The number of carbonyl (C=O) groups is 1. The molecule has 1 aromatic rings. The standard InChI is InChI=1S/C17H25Cl2NOS/c1-3-5-6-13(4-2)10-20-17(21)12-22-11-14-7-8-15(18)16(19)9-14/h7-9,13H,3-6,10-12H2,1-2H3,(H,20,21). The summed E-state index contributed by atoms with van der Waals surface area (Å²) in [6.45, 7) is 5.18. The lowest BCUT2D eigenvalue weighted by atomic mass is 9.99. The van der Waals surface area contributed by atoms with Gasteiger partial charge in [0.15, 0.2) is 0 Å². The molecular weight excluding hydrogens is 337 g/mol. The molecule has 22 heavy (non-hydrogen) atoms. The molecule has 0 bridgehead atoms. The maximum absolute atomic E-state index is 11.9. The Kier molecular flexibility index (Phi) is 10.0. The predicted octanol–water partition coefficient (Wildman–Crippen LogP) is 5.56. The zero-order chi connectivity index (χ0) is 16.4. The first-order valence-electron chi connectivity index (χ1n) is 7.85. The SMILES string of the molecule is CCCCC(CC)CNC(=O)CSCc1ccc(Cl)c(Cl)c1. The van der Waals surface area contributed by atoms with E-state index < -0.39 is 0 Å². The van der Waals surface area contributed by atoms with Crippen molar-refractivity contribution in [1.29, 1.82) is 0 Å². The molecule has 0 saturated heterocycles. The van der Waals surface area contributed by atoms with Gasteiger partial charge in [-0.05, 0) is 30.0 Å². The molecule has 0 fully saturated rings. The molecule has 1 unspecified atom stereocenters. The number of halogens is 2. The summed E-state index contributed by atoms with van der Waals surface area (Å²) in [6, 6.07) is 5.59. The maximum Gasteiger partial charge on any atom is 0.230 e. The van der Waals surface area contributed by atoms with E-state index in [1.807, 2.05) is 12.1 Å². The van der Waals surface area contributed by atoms with Crippen molar-refractivity contribution >= 4 is 40.9 Å². The van der Waals surface area contributed by atoms with Crippen LogP contribution in [-0.4, -0.2) is 18.2 Å². The Balaban J connectivity index is 2.23. The number of benzene rings is 1. The largest absolute Gasteiger partial charge is 0.355 e. The average Bonchev–Trinajstić information content (AvgIpc) is 2.51. The minimum absolute atomic E-state index is 0.111. The number of rotatable bonds is 10. The van der Waals surface area contributed by atoms with E-state index in [1.165, 1.54) is 19.3 Å². The minimum atomic E-state index is 0.111. The topological polar surface area (TPSA) is 29.1 Å². The first kappa shape index (κ1) is 19.7. The lowest BCUT2D eigenvalue weighted by molar-refractivity contribution is -0.118. The molecule has 0 aromatic heterocycles. The van der Waals surface area contributed by atoms with Gasteiger partial charge in [-0.25, -0.2) is 0 Å². The van der Waals surface area contributed by atoms with E-state index in [0.717, 1.165) is 24.3 Å². The summed E-state index contributed by atoms with van der Waals surface area (Å²) in [5.41, 5.74) is 1.08. The Morgan fingerprint density at radius 1 is 1.27 bits per heavy atom. The normalized spacial score (nSPS) is 12.2. The second kappa shape index (κ2) is 11.2. The smallest absolute Gasteiger partial charge is 0.230 e. The molecule has 0 aliphatic heterocycles. The summed E-state index contributed by atoms with van der Waals surface area (Å²) < 4.78 is 0. The molecule has 0 saturated carbocycles. The first-order chi connectivity index (χ1) is 10.6. The third-order valence-corrected chi connectivity index (χ3v) is 5.36. The van der Waals surface area contributed by atoms with E-state index >= 15 is 0 Å². The van der Waals surface area contributed by atoms with Gasteiger partial charge in [0.1, 0.15) is 0 Å². The minimum Gasteiger partial charge on any atom is -0.355 e. The van der Waals surface area contributed by atoms with Gasteiger partial charge in [0.2, 0.25) is 5.91 Å². The van der Waals surface area contributed by atoms with Gasteiger partial charge in [0.25, 0.3) is 0 Å². The van der Waals surface area contributed by atoms with E-state index in [2.05, 4.69) is 19.2 Å². The van der Waals surface area contributed by atoms with Gasteiger partial charge in [0, 0.05) is 12.3 Å². The van der Waals surface area contributed by atoms with E-state index in [1.54, 1.807) is 17.8 Å². The van der Waals surface area contributed by atoms with Crippen molar-refractivity contribution in [1.82, 2.24) is 5.32 Å². The highest BCUT2D eigenvalue weighted by atomic mass is 35.5. The van der Waals surface area contributed by atoms with Gasteiger partial charge >= 0.3 is 0 Å². The molecule has 5 heteroatoms. The predicted molar refractivity (Wildman–Crippen MR) is 98.9 cm³/mol. The molecule has 0 aliphatic rings. The molecule has 2 nitrogen and oxygen atoms in total. The van der Waals surface area contributed by atoms with Crippen molar-refractivity contribution in [2.45, 2.75) is 45.3 Å². The summed E-state index contributed by atoms with van der Waals surface area (Å²) in [5.74, 6) is 1.95. The van der Waals surface area contributed by atoms with Crippen LogP contribution in [0.25, 0.3) is 0 Å². The fourth-order valence-electron chi connectivity index (χ4n) is 2.14. The molecule has 1 amide bonds. The number of nitrogens with one attached hydrogen (secondary N) is 1. The van der Waals surface area contributed by atoms with Crippen LogP contribution in [0.5, 0.6) is 0 Å². The molecule has 0 spiro atoms. The van der Waals surface area contributed by atoms with Crippen molar-refractivity contribution in [3.8, 4) is 0 Å². The number of unbranched alkanes of at least 4 members (excludes halogenated alkanes) is 1. The van der Waals surface area contributed by atoms with Gasteiger partial charge in [-0.3, -0.25) is 4.79 Å². The van der Waals surface area contributed by atoms with Gasteiger partial charge in [-0.1, -0.05) is 62.4 Å². The summed E-state index contributed by atoms with van der Waals surface area (Å²) in [6.07, 6.45) is 4.77. The van der Waals surface area contributed by atoms with Gasteiger partial charge in [0.05, 0.1) is 15.8 Å². The molecule has 1 aromatic carbocycles. The van der Waals surface area contributed by atoms with Crippen molar-refractivity contribution in [3.63, 3.8) is 0 Å². The van der Waals surface area contributed by atoms with Crippen molar-refractivity contribution < 1.29 is 4.79 Å². The third kappa shape index (κ3) is 7.75. The highest BCUT2D eigenvalue weighted by Crippen LogP contribution is 2.24. The van der Waals surface area contributed by atoms with Gasteiger partial charge in [-0.15, -0.1) is 11.8 Å². The molecule has 0 aliphatic carbocycles. The number of hydrogen-bond acceptors (Lipinski definition) is 2. The zero-order valence-corrected chi connectivity index (χ0v) is 15.7. The van der Waals surface area contributed by atoms with Crippen LogP contribution >= 0.6 is 35.0 Å². The lowest BCUT2D eigenvalue weighted by Gasteiger charge is -2.15. The number of carbonyl (C=O) groups excluding carboxylic acids is 1. The van der Waals surface area contributed by atoms with E-state index in [0.29, 0.717) is 21.7 Å². The summed E-state index contributed by atoms with van der Waals surface area (Å²) >= 11 is 13.5. The van der Waals surface area contributed by atoms with Crippen LogP contribution < -0.4 is 5.32 Å². The highest BCUT2D eigenvalue weighted by molar-refractivity contribution is 7.99. The quantitative estimate of drug-likeness (QED) is 0.590. The number of amides is 1. The molecule has 1 N–H and O–H groups in total. The van der Waals surface area contributed by atoms with Crippen LogP contribution in [0.3, 0.4) is 0 Å². The molecule has 124 valence electrons. The average molecular weight is 362 g/mol. The van der Waals surface area contributed by atoms with Crippen LogP contribution in [0, 0.1) is 5.92 Å². The highest BCUT2D eigenvalue weighted by Gasteiger charge is 2.08. The monoisotopic (exact) mass is 361 g/mol. The molecule has 1 rings (SSSR count). The van der Waals surface area contributed by atoms with Crippen molar-refractivity contribution in [2.24, 2.45) is 5.92 Å². The summed E-state index contributed by atoms with van der Waals surface area (Å²) in [5, 5.41) is 4.16.